The van der Waals surface area contributed by atoms with E-state index in [0.29, 0.717) is 24.4 Å². The van der Waals surface area contributed by atoms with Crippen molar-refractivity contribution < 1.29 is 23.8 Å². The van der Waals surface area contributed by atoms with Gasteiger partial charge in [0.25, 0.3) is 0 Å². The quantitative estimate of drug-likeness (QED) is 0.779. The van der Waals surface area contributed by atoms with E-state index in [-0.39, 0.29) is 18.0 Å². The van der Waals surface area contributed by atoms with Gasteiger partial charge in [-0.3, -0.25) is 0 Å². The second-order valence-corrected chi connectivity index (χ2v) is 7.09. The Labute approximate surface area is 149 Å². The zero-order valence-corrected chi connectivity index (χ0v) is 14.5. The number of hydrogen-bond acceptors (Lipinski definition) is 3. The minimum absolute atomic E-state index is 0.238. The number of nitrogens with one attached hydrogen (secondary N) is 1. The number of carboxylic acid groups (broad SMARTS) is 1. The first-order valence-electron chi connectivity index (χ1n) is 8.40. The summed E-state index contributed by atoms with van der Waals surface area (Å²) in [5, 5.41) is 21.9. The van der Waals surface area contributed by atoms with Crippen molar-refractivity contribution in [3.63, 3.8) is 0 Å². The molecule has 3 N–H and O–H groups in total. The molecule has 26 heavy (non-hydrogen) atoms. The predicted octanol–water partition coefficient (Wildman–Crippen LogP) is 3.28. The summed E-state index contributed by atoms with van der Waals surface area (Å²) in [4.78, 5) is 15.4. The lowest BCUT2D eigenvalue weighted by atomic mass is 9.92. The fourth-order valence-electron chi connectivity index (χ4n) is 3.53. The Kier molecular flexibility index (Phi) is 4.70. The molecule has 2 aromatic rings. The van der Waals surface area contributed by atoms with Crippen LogP contribution in [0, 0.1) is 11.6 Å². The smallest absolute Gasteiger partial charge is 0.405 e. The Bertz CT molecular complexity index is 830. The van der Waals surface area contributed by atoms with Crippen molar-refractivity contribution in [2.24, 2.45) is 0 Å². The molecule has 1 aromatic carbocycles. The standard InChI is InChI=1S/C18H21F2N3O3/c1-18(2,26)14-8-21-16-13(22-17(24)25)7-6-10(9-23(14)16)11-4-3-5-12(19)15(11)20/h3-5,8,10,13,22,26H,6-7,9H2,1-2H3,(H,24,25)/t10-,13-/m1/s1. The van der Waals surface area contributed by atoms with Crippen molar-refractivity contribution in [2.45, 2.75) is 50.8 Å². The van der Waals surface area contributed by atoms with Gasteiger partial charge in [-0.2, -0.15) is 0 Å². The zero-order valence-electron chi connectivity index (χ0n) is 14.5. The first-order valence-corrected chi connectivity index (χ1v) is 8.40. The number of carbonyl (C=O) groups is 1. The number of aromatic nitrogens is 2. The number of fused-ring (bicyclic) bond motifs is 1. The average molecular weight is 365 g/mol. The highest BCUT2D eigenvalue weighted by Crippen LogP contribution is 2.36. The van der Waals surface area contributed by atoms with E-state index < -0.39 is 29.4 Å². The Balaban J connectivity index is 2.06. The van der Waals surface area contributed by atoms with Crippen molar-refractivity contribution in [3.8, 4) is 0 Å². The van der Waals surface area contributed by atoms with Crippen LogP contribution in [0.5, 0.6) is 0 Å². The van der Waals surface area contributed by atoms with Crippen LogP contribution in [0.4, 0.5) is 13.6 Å². The van der Waals surface area contributed by atoms with Gasteiger partial charge in [-0.05, 0) is 38.3 Å². The molecule has 0 fully saturated rings. The summed E-state index contributed by atoms with van der Waals surface area (Å²) in [6.45, 7) is 3.46. The predicted molar refractivity (Wildman–Crippen MR) is 89.7 cm³/mol. The van der Waals surface area contributed by atoms with Crippen LogP contribution in [-0.2, 0) is 12.1 Å². The topological polar surface area (TPSA) is 87.4 Å². The highest BCUT2D eigenvalue weighted by Gasteiger charge is 2.33. The number of aliphatic hydroxyl groups is 1. The van der Waals surface area contributed by atoms with E-state index >= 15 is 0 Å². The third-order valence-corrected chi connectivity index (χ3v) is 4.75. The Morgan fingerprint density at radius 3 is 2.73 bits per heavy atom. The number of imidazole rings is 1. The number of nitrogens with zero attached hydrogens (tertiary/aromatic N) is 2. The summed E-state index contributed by atoms with van der Waals surface area (Å²) in [6.07, 6.45) is 1.13. The van der Waals surface area contributed by atoms with E-state index in [4.69, 9.17) is 5.11 Å². The molecular weight excluding hydrogens is 344 g/mol. The van der Waals surface area contributed by atoms with Gasteiger partial charge in [-0.25, -0.2) is 18.6 Å². The zero-order chi connectivity index (χ0) is 19.1. The maximum atomic E-state index is 14.3. The third kappa shape index (κ3) is 3.41. The van der Waals surface area contributed by atoms with Gasteiger partial charge in [0.05, 0.1) is 17.9 Å². The highest BCUT2D eigenvalue weighted by molar-refractivity contribution is 5.65. The minimum Gasteiger partial charge on any atom is -0.465 e. The minimum atomic E-state index is -1.21. The maximum Gasteiger partial charge on any atom is 0.405 e. The molecule has 6 nitrogen and oxygen atoms in total. The molecule has 0 unspecified atom stereocenters. The SMILES string of the molecule is CC(C)(O)c1cnc2n1C[C@H](c1cccc(F)c1F)CC[C@H]2NC(=O)O. The fraction of sp³-hybridized carbons (Fsp3) is 0.444. The summed E-state index contributed by atoms with van der Waals surface area (Å²) in [6, 6.07) is 3.46. The van der Waals surface area contributed by atoms with Crippen molar-refractivity contribution in [1.29, 1.82) is 0 Å². The van der Waals surface area contributed by atoms with Gasteiger partial charge in [0.2, 0.25) is 0 Å². The van der Waals surface area contributed by atoms with E-state index in [1.807, 2.05) is 0 Å². The lowest BCUT2D eigenvalue weighted by Crippen LogP contribution is -2.29. The van der Waals surface area contributed by atoms with Crippen LogP contribution >= 0.6 is 0 Å². The molecule has 2 heterocycles. The second-order valence-electron chi connectivity index (χ2n) is 7.09. The third-order valence-electron chi connectivity index (χ3n) is 4.75. The lowest BCUT2D eigenvalue weighted by molar-refractivity contribution is 0.0690. The number of rotatable bonds is 3. The Morgan fingerprint density at radius 1 is 1.35 bits per heavy atom. The largest absolute Gasteiger partial charge is 0.465 e. The molecule has 140 valence electrons. The van der Waals surface area contributed by atoms with Crippen LogP contribution in [-0.4, -0.2) is 25.9 Å². The highest BCUT2D eigenvalue weighted by atomic mass is 19.2. The molecule has 1 aromatic heterocycles. The summed E-state index contributed by atoms with van der Waals surface area (Å²) < 4.78 is 29.7. The molecule has 0 spiro atoms. The number of amides is 1. The van der Waals surface area contributed by atoms with Gasteiger partial charge in [0.1, 0.15) is 11.4 Å². The van der Waals surface area contributed by atoms with E-state index in [1.165, 1.54) is 18.3 Å². The first kappa shape index (κ1) is 18.3. The van der Waals surface area contributed by atoms with Crippen molar-refractivity contribution in [1.82, 2.24) is 14.9 Å². The fourth-order valence-corrected chi connectivity index (χ4v) is 3.53. The van der Waals surface area contributed by atoms with Gasteiger partial charge < -0.3 is 20.1 Å². The van der Waals surface area contributed by atoms with Gasteiger partial charge in [-0.15, -0.1) is 0 Å². The number of benzene rings is 1. The van der Waals surface area contributed by atoms with Crippen LogP contribution in [0.2, 0.25) is 0 Å². The number of halogens is 2. The summed E-state index contributed by atoms with van der Waals surface area (Å²) >= 11 is 0. The van der Waals surface area contributed by atoms with E-state index in [9.17, 15) is 18.7 Å². The average Bonchev–Trinajstić information content (AvgIpc) is 2.89. The molecule has 0 saturated carbocycles. The molecule has 0 bridgehead atoms. The van der Waals surface area contributed by atoms with Gasteiger partial charge in [0, 0.05) is 12.5 Å². The van der Waals surface area contributed by atoms with E-state index in [2.05, 4.69) is 10.3 Å². The van der Waals surface area contributed by atoms with Crippen LogP contribution in [0.15, 0.2) is 24.4 Å². The maximum absolute atomic E-state index is 14.3. The molecule has 0 radical (unpaired) electrons. The summed E-state index contributed by atoms with van der Waals surface area (Å²) in [5.41, 5.74) is -0.482. The molecule has 0 aliphatic carbocycles. The molecule has 1 amide bonds. The molecule has 2 atom stereocenters. The van der Waals surface area contributed by atoms with Crippen LogP contribution < -0.4 is 5.32 Å². The van der Waals surface area contributed by atoms with Crippen molar-refractivity contribution in [2.75, 3.05) is 0 Å². The monoisotopic (exact) mass is 365 g/mol. The Hall–Kier alpha value is -2.48. The normalized spacial score (nSPS) is 20.3. The van der Waals surface area contributed by atoms with Crippen molar-refractivity contribution in [3.05, 3.63) is 53.1 Å². The van der Waals surface area contributed by atoms with E-state index in [0.717, 1.165) is 6.07 Å². The Morgan fingerprint density at radius 2 is 2.08 bits per heavy atom. The van der Waals surface area contributed by atoms with Gasteiger partial charge in [-0.1, -0.05) is 12.1 Å². The molecule has 1 aliphatic heterocycles. The molecule has 1 aliphatic rings. The lowest BCUT2D eigenvalue weighted by Gasteiger charge is -2.23. The number of hydrogen-bond donors (Lipinski definition) is 3. The molecule has 8 heteroatoms. The van der Waals surface area contributed by atoms with Crippen molar-refractivity contribution >= 4 is 6.09 Å². The summed E-state index contributed by atoms with van der Waals surface area (Å²) in [5.74, 6) is -1.72. The van der Waals surface area contributed by atoms with Crippen LogP contribution in [0.3, 0.4) is 0 Å². The summed E-state index contributed by atoms with van der Waals surface area (Å²) in [7, 11) is 0. The molecular formula is C18H21F2N3O3. The van der Waals surface area contributed by atoms with Crippen LogP contribution in [0.1, 0.15) is 55.7 Å². The van der Waals surface area contributed by atoms with Gasteiger partial charge >= 0.3 is 6.09 Å². The van der Waals surface area contributed by atoms with Crippen LogP contribution in [0.25, 0.3) is 0 Å². The molecule has 0 saturated heterocycles. The first-order chi connectivity index (χ1) is 12.2. The van der Waals surface area contributed by atoms with E-state index in [1.54, 1.807) is 18.4 Å². The molecule has 3 rings (SSSR count). The van der Waals surface area contributed by atoms with Gasteiger partial charge in [0.15, 0.2) is 11.6 Å². The second kappa shape index (κ2) is 6.68.